The quantitative estimate of drug-likeness (QED) is 0.647. The first-order valence-electron chi connectivity index (χ1n) is 9.94. The summed E-state index contributed by atoms with van der Waals surface area (Å²) < 4.78 is 5.73. The van der Waals surface area contributed by atoms with E-state index in [1.807, 2.05) is 38.1 Å². The van der Waals surface area contributed by atoms with E-state index in [-0.39, 0.29) is 24.3 Å². The maximum atomic E-state index is 12.4. The molecule has 0 radical (unpaired) electrons. The van der Waals surface area contributed by atoms with Crippen LogP contribution < -0.4 is 10.1 Å². The van der Waals surface area contributed by atoms with Gasteiger partial charge in [-0.1, -0.05) is 23.8 Å². The number of amides is 2. The molecule has 2 rings (SSSR count). The summed E-state index contributed by atoms with van der Waals surface area (Å²) in [5, 5.41) is 2.90. The van der Waals surface area contributed by atoms with Crippen molar-refractivity contribution in [3.63, 3.8) is 0 Å². The number of nitrogens with one attached hydrogen (secondary N) is 1. The van der Waals surface area contributed by atoms with Crippen LogP contribution in [-0.4, -0.2) is 35.9 Å². The van der Waals surface area contributed by atoms with Crippen LogP contribution in [0.5, 0.6) is 5.75 Å². The first-order valence-corrected chi connectivity index (χ1v) is 9.94. The number of anilines is 1. The Bertz CT molecular complexity index is 667. The molecule has 1 aliphatic carbocycles. The molecule has 0 aromatic heterocycles. The lowest BCUT2D eigenvalue weighted by molar-refractivity contribution is -0.129. The van der Waals surface area contributed by atoms with Crippen molar-refractivity contribution in [2.75, 3.05) is 18.4 Å². The van der Waals surface area contributed by atoms with E-state index in [0.29, 0.717) is 24.5 Å². The topological polar surface area (TPSA) is 58.6 Å². The Labute approximate surface area is 162 Å². The first kappa shape index (κ1) is 21.0. The van der Waals surface area contributed by atoms with Gasteiger partial charge >= 0.3 is 0 Å². The SMILES string of the molecule is CC(=O)N(CCC(=O)Nc1ccccc1OC(C)C)CCC1=CCCCC1. The highest BCUT2D eigenvalue weighted by Crippen LogP contribution is 2.25. The minimum absolute atomic E-state index is 0.0164. The molecule has 5 heteroatoms. The lowest BCUT2D eigenvalue weighted by atomic mass is 9.97. The maximum Gasteiger partial charge on any atom is 0.226 e. The fraction of sp³-hybridized carbons (Fsp3) is 0.545. The summed E-state index contributed by atoms with van der Waals surface area (Å²) in [5.41, 5.74) is 2.11. The van der Waals surface area contributed by atoms with E-state index in [1.54, 1.807) is 11.8 Å². The molecule has 1 aromatic carbocycles. The normalized spacial score (nSPS) is 13.9. The summed E-state index contributed by atoms with van der Waals surface area (Å²) in [6.07, 6.45) is 8.31. The summed E-state index contributed by atoms with van der Waals surface area (Å²) in [6, 6.07) is 7.41. The van der Waals surface area contributed by atoms with Crippen LogP contribution in [0.15, 0.2) is 35.9 Å². The summed E-state index contributed by atoms with van der Waals surface area (Å²) in [5.74, 6) is 0.564. The Balaban J connectivity index is 1.85. The van der Waals surface area contributed by atoms with Crippen molar-refractivity contribution in [2.45, 2.75) is 65.4 Å². The van der Waals surface area contributed by atoms with Gasteiger partial charge in [-0.15, -0.1) is 0 Å². The molecule has 1 N–H and O–H groups in total. The van der Waals surface area contributed by atoms with Crippen LogP contribution in [0, 0.1) is 0 Å². The molecule has 0 heterocycles. The average Bonchev–Trinajstić information content (AvgIpc) is 2.63. The molecule has 27 heavy (non-hydrogen) atoms. The van der Waals surface area contributed by atoms with Crippen molar-refractivity contribution in [2.24, 2.45) is 0 Å². The zero-order valence-electron chi connectivity index (χ0n) is 16.8. The highest BCUT2D eigenvalue weighted by molar-refractivity contribution is 5.92. The first-order chi connectivity index (χ1) is 13.0. The van der Waals surface area contributed by atoms with Gasteiger partial charge in [0.25, 0.3) is 0 Å². The predicted octanol–water partition coefficient (Wildman–Crippen LogP) is 4.54. The molecule has 0 spiro atoms. The third-order valence-electron chi connectivity index (χ3n) is 4.67. The number of carbonyl (C=O) groups excluding carboxylic acids is 2. The van der Waals surface area contributed by atoms with Gasteiger partial charge in [0.2, 0.25) is 11.8 Å². The average molecular weight is 373 g/mol. The van der Waals surface area contributed by atoms with Crippen molar-refractivity contribution in [3.05, 3.63) is 35.9 Å². The third-order valence-corrected chi connectivity index (χ3v) is 4.67. The van der Waals surface area contributed by atoms with Crippen LogP contribution in [0.25, 0.3) is 0 Å². The number of hydrogen-bond donors (Lipinski definition) is 1. The molecule has 0 unspecified atom stereocenters. The zero-order chi connectivity index (χ0) is 19.6. The van der Waals surface area contributed by atoms with Crippen molar-refractivity contribution in [1.29, 1.82) is 0 Å². The van der Waals surface area contributed by atoms with Crippen molar-refractivity contribution < 1.29 is 14.3 Å². The Morgan fingerprint density at radius 2 is 1.96 bits per heavy atom. The Hall–Kier alpha value is -2.30. The van der Waals surface area contributed by atoms with Gasteiger partial charge in [-0.25, -0.2) is 0 Å². The standard InChI is InChI=1S/C22H32N2O3/c1-17(2)27-21-12-8-7-11-20(21)23-22(26)14-16-24(18(3)25)15-13-19-9-5-4-6-10-19/h7-9,11-12,17H,4-6,10,13-16H2,1-3H3,(H,23,26). The molecule has 0 aliphatic heterocycles. The van der Waals surface area contributed by atoms with E-state index in [4.69, 9.17) is 4.74 Å². The van der Waals surface area contributed by atoms with Crippen molar-refractivity contribution in [1.82, 2.24) is 4.90 Å². The summed E-state index contributed by atoms with van der Waals surface area (Å²) in [7, 11) is 0. The molecule has 0 atom stereocenters. The summed E-state index contributed by atoms with van der Waals surface area (Å²) in [6.45, 7) is 6.58. The van der Waals surface area contributed by atoms with E-state index in [0.717, 1.165) is 19.3 Å². The van der Waals surface area contributed by atoms with E-state index in [9.17, 15) is 9.59 Å². The van der Waals surface area contributed by atoms with E-state index < -0.39 is 0 Å². The van der Waals surface area contributed by atoms with Gasteiger partial charge in [0.15, 0.2) is 0 Å². The molecule has 2 amide bonds. The molecule has 1 aromatic rings. The second kappa shape index (κ2) is 10.8. The monoisotopic (exact) mass is 372 g/mol. The predicted molar refractivity (Wildman–Crippen MR) is 109 cm³/mol. The zero-order valence-corrected chi connectivity index (χ0v) is 16.8. The number of benzene rings is 1. The van der Waals surface area contributed by atoms with Gasteiger partial charge in [-0.3, -0.25) is 9.59 Å². The minimum atomic E-state index is -0.113. The Morgan fingerprint density at radius 1 is 1.19 bits per heavy atom. The molecule has 5 nitrogen and oxygen atoms in total. The minimum Gasteiger partial charge on any atom is -0.489 e. The third kappa shape index (κ3) is 7.45. The van der Waals surface area contributed by atoms with Crippen LogP contribution in [0.4, 0.5) is 5.69 Å². The van der Waals surface area contributed by atoms with Crippen LogP contribution in [0.1, 0.15) is 59.3 Å². The second-order valence-electron chi connectivity index (χ2n) is 7.33. The van der Waals surface area contributed by atoms with Crippen LogP contribution in [0.3, 0.4) is 0 Å². The van der Waals surface area contributed by atoms with Gasteiger partial charge in [0.05, 0.1) is 11.8 Å². The fourth-order valence-corrected chi connectivity index (χ4v) is 3.21. The number of ether oxygens (including phenoxy) is 1. The molecule has 0 bridgehead atoms. The summed E-state index contributed by atoms with van der Waals surface area (Å²) in [4.78, 5) is 26.1. The highest BCUT2D eigenvalue weighted by Gasteiger charge is 2.14. The van der Waals surface area contributed by atoms with Gasteiger partial charge in [0, 0.05) is 26.4 Å². The molecular formula is C22H32N2O3. The molecule has 148 valence electrons. The van der Waals surface area contributed by atoms with Crippen molar-refractivity contribution in [3.8, 4) is 5.75 Å². The van der Waals surface area contributed by atoms with Gasteiger partial charge < -0.3 is 15.0 Å². The largest absolute Gasteiger partial charge is 0.489 e. The molecule has 0 saturated carbocycles. The fourth-order valence-electron chi connectivity index (χ4n) is 3.21. The molecule has 0 fully saturated rings. The van der Waals surface area contributed by atoms with Crippen LogP contribution in [0.2, 0.25) is 0 Å². The molecular weight excluding hydrogens is 340 g/mol. The number of nitrogens with zero attached hydrogens (tertiary/aromatic N) is 1. The highest BCUT2D eigenvalue weighted by atomic mass is 16.5. The molecule has 0 saturated heterocycles. The Kier molecular flexibility index (Phi) is 8.37. The van der Waals surface area contributed by atoms with Crippen LogP contribution in [-0.2, 0) is 9.59 Å². The summed E-state index contributed by atoms with van der Waals surface area (Å²) >= 11 is 0. The lowest BCUT2D eigenvalue weighted by Gasteiger charge is -2.22. The van der Waals surface area contributed by atoms with Gasteiger partial charge in [-0.05, 0) is 58.1 Å². The van der Waals surface area contributed by atoms with E-state index in [2.05, 4.69) is 11.4 Å². The molecule has 1 aliphatic rings. The van der Waals surface area contributed by atoms with Gasteiger partial charge in [-0.2, -0.15) is 0 Å². The smallest absolute Gasteiger partial charge is 0.226 e. The van der Waals surface area contributed by atoms with E-state index in [1.165, 1.54) is 18.4 Å². The van der Waals surface area contributed by atoms with Crippen molar-refractivity contribution >= 4 is 17.5 Å². The lowest BCUT2D eigenvalue weighted by Crippen LogP contribution is -2.33. The Morgan fingerprint density at radius 3 is 2.63 bits per heavy atom. The second-order valence-corrected chi connectivity index (χ2v) is 7.33. The number of allylic oxidation sites excluding steroid dienone is 1. The maximum absolute atomic E-state index is 12.4. The number of para-hydroxylation sites is 2. The number of carbonyl (C=O) groups is 2. The van der Waals surface area contributed by atoms with Gasteiger partial charge in [0.1, 0.15) is 5.75 Å². The van der Waals surface area contributed by atoms with E-state index >= 15 is 0 Å². The number of rotatable bonds is 9. The number of hydrogen-bond acceptors (Lipinski definition) is 3. The van der Waals surface area contributed by atoms with Crippen LogP contribution >= 0.6 is 0 Å².